The van der Waals surface area contributed by atoms with Crippen molar-refractivity contribution in [2.75, 3.05) is 0 Å². The second-order valence-electron chi connectivity index (χ2n) is 5.61. The first-order valence-electron chi connectivity index (χ1n) is 7.96. The van der Waals surface area contributed by atoms with Crippen LogP contribution in [0.5, 0.6) is 0 Å². The second kappa shape index (κ2) is 7.04. The lowest BCUT2D eigenvalue weighted by atomic mass is 10.2. The van der Waals surface area contributed by atoms with Crippen LogP contribution in [-0.2, 0) is 11.2 Å². The average Bonchev–Trinajstić information content (AvgIpc) is 3.37. The first-order valence-corrected chi connectivity index (χ1v) is 7.96. The predicted octanol–water partition coefficient (Wildman–Crippen LogP) is 0.807. The zero-order valence-electron chi connectivity index (χ0n) is 13.9. The molecule has 0 atom stereocenters. The van der Waals surface area contributed by atoms with Gasteiger partial charge in [-0.1, -0.05) is 17.3 Å². The van der Waals surface area contributed by atoms with Gasteiger partial charge in [0.15, 0.2) is 5.58 Å². The Morgan fingerprint density at radius 1 is 1.04 bits per heavy atom. The summed E-state index contributed by atoms with van der Waals surface area (Å²) in [4.78, 5) is 24.2. The summed E-state index contributed by atoms with van der Waals surface area (Å²) >= 11 is 0. The molecule has 2 aromatic heterocycles. The van der Waals surface area contributed by atoms with Crippen LogP contribution in [0.2, 0.25) is 0 Å². The highest BCUT2D eigenvalue weighted by atomic mass is 16.5. The molecule has 2 aromatic carbocycles. The Labute approximate surface area is 152 Å². The number of nitrogens with zero attached hydrogens (tertiary/aromatic N) is 5. The topological polar surface area (TPSA) is 128 Å². The molecule has 2 amide bonds. The highest BCUT2D eigenvalue weighted by molar-refractivity contribution is 5.96. The number of amides is 2. The molecule has 0 saturated carbocycles. The molecule has 4 rings (SSSR count). The number of carbonyl (C=O) groups is 2. The summed E-state index contributed by atoms with van der Waals surface area (Å²) in [5, 5.41) is 15.5. The number of fused-ring (bicyclic) bond motifs is 1. The zero-order valence-corrected chi connectivity index (χ0v) is 13.9. The van der Waals surface area contributed by atoms with Gasteiger partial charge in [0.1, 0.15) is 12.0 Å². The maximum atomic E-state index is 12.2. The number of tetrazole rings is 1. The van der Waals surface area contributed by atoms with E-state index < -0.39 is 11.8 Å². The molecular weight excluding hydrogens is 350 g/mol. The van der Waals surface area contributed by atoms with Gasteiger partial charge in [-0.05, 0) is 46.8 Å². The van der Waals surface area contributed by atoms with E-state index in [9.17, 15) is 9.59 Å². The van der Waals surface area contributed by atoms with E-state index in [1.807, 2.05) is 18.2 Å². The van der Waals surface area contributed by atoms with E-state index in [0.717, 1.165) is 5.39 Å². The number of hydrazine groups is 1. The number of nitrogens with one attached hydrogen (secondary N) is 2. The van der Waals surface area contributed by atoms with Gasteiger partial charge in [0.2, 0.25) is 5.91 Å². The molecule has 0 spiro atoms. The molecule has 2 N–H and O–H groups in total. The monoisotopic (exact) mass is 363 g/mol. The number of para-hydroxylation sites is 1. The summed E-state index contributed by atoms with van der Waals surface area (Å²) in [5.41, 5.74) is 6.93. The van der Waals surface area contributed by atoms with Gasteiger partial charge in [-0.2, -0.15) is 0 Å². The van der Waals surface area contributed by atoms with Crippen molar-refractivity contribution in [2.45, 2.75) is 6.42 Å². The van der Waals surface area contributed by atoms with Crippen molar-refractivity contribution in [3.8, 4) is 5.69 Å². The Bertz CT molecular complexity index is 1090. The van der Waals surface area contributed by atoms with Crippen LogP contribution in [0.15, 0.2) is 59.4 Å². The number of hydrogen-bond donors (Lipinski definition) is 2. The number of benzene rings is 2. The summed E-state index contributed by atoms with van der Waals surface area (Å²) in [6, 6.07) is 13.8. The maximum Gasteiger partial charge on any atom is 0.269 e. The second-order valence-corrected chi connectivity index (χ2v) is 5.61. The van der Waals surface area contributed by atoms with Crippen LogP contribution in [0.3, 0.4) is 0 Å². The van der Waals surface area contributed by atoms with E-state index in [0.29, 0.717) is 22.5 Å². The lowest BCUT2D eigenvalue weighted by molar-refractivity contribution is -0.121. The van der Waals surface area contributed by atoms with Crippen molar-refractivity contribution in [3.05, 3.63) is 66.1 Å². The minimum absolute atomic E-state index is 0.0183. The molecule has 0 saturated heterocycles. The fourth-order valence-electron chi connectivity index (χ4n) is 2.51. The number of carbonyl (C=O) groups excluding carboxylic acids is 2. The summed E-state index contributed by atoms with van der Waals surface area (Å²) in [5.74, 6) is -0.857. The summed E-state index contributed by atoms with van der Waals surface area (Å²) in [6.07, 6.45) is 1.43. The van der Waals surface area contributed by atoms with E-state index in [1.165, 1.54) is 11.0 Å². The normalized spacial score (nSPS) is 10.7. The molecule has 134 valence electrons. The summed E-state index contributed by atoms with van der Waals surface area (Å²) < 4.78 is 6.62. The van der Waals surface area contributed by atoms with Crippen LogP contribution >= 0.6 is 0 Å². The molecule has 0 aliphatic heterocycles. The number of aromatic nitrogens is 5. The standard InChI is InChI=1S/C17H13N7O3/c25-16(9-14-13-3-1-2-4-15(13)27-21-14)19-20-17(26)11-5-7-12(8-6-11)24-10-18-22-23-24/h1-8,10H,9H2,(H,19,25)(H,20,26). The Kier molecular flexibility index (Phi) is 4.27. The van der Waals surface area contributed by atoms with Crippen molar-refractivity contribution in [3.63, 3.8) is 0 Å². The lowest BCUT2D eigenvalue weighted by Gasteiger charge is -2.07. The predicted molar refractivity (Wildman–Crippen MR) is 92.5 cm³/mol. The molecule has 0 aliphatic rings. The Morgan fingerprint density at radius 3 is 2.63 bits per heavy atom. The van der Waals surface area contributed by atoms with Gasteiger partial charge < -0.3 is 4.52 Å². The lowest BCUT2D eigenvalue weighted by Crippen LogP contribution is -2.42. The van der Waals surface area contributed by atoms with Crippen LogP contribution in [0.25, 0.3) is 16.7 Å². The number of hydrogen-bond acceptors (Lipinski definition) is 7. The van der Waals surface area contributed by atoms with Crippen molar-refractivity contribution in [1.29, 1.82) is 0 Å². The molecule has 0 aliphatic carbocycles. The van der Waals surface area contributed by atoms with Crippen molar-refractivity contribution in [1.82, 2.24) is 36.2 Å². The van der Waals surface area contributed by atoms with E-state index in [4.69, 9.17) is 4.52 Å². The zero-order chi connectivity index (χ0) is 18.6. The molecule has 27 heavy (non-hydrogen) atoms. The largest absolute Gasteiger partial charge is 0.356 e. The van der Waals surface area contributed by atoms with E-state index in [1.54, 1.807) is 30.3 Å². The third kappa shape index (κ3) is 3.49. The molecule has 0 bridgehead atoms. The van der Waals surface area contributed by atoms with Gasteiger partial charge in [-0.3, -0.25) is 20.4 Å². The Hall–Kier alpha value is -4.08. The minimum Gasteiger partial charge on any atom is -0.356 e. The summed E-state index contributed by atoms with van der Waals surface area (Å²) in [6.45, 7) is 0. The van der Waals surface area contributed by atoms with E-state index >= 15 is 0 Å². The summed E-state index contributed by atoms with van der Waals surface area (Å²) in [7, 11) is 0. The molecular formula is C17H13N7O3. The fourth-order valence-corrected chi connectivity index (χ4v) is 2.51. The van der Waals surface area contributed by atoms with E-state index in [2.05, 4.69) is 31.5 Å². The molecule has 0 fully saturated rings. The highest BCUT2D eigenvalue weighted by Crippen LogP contribution is 2.17. The van der Waals surface area contributed by atoms with Gasteiger partial charge in [-0.25, -0.2) is 4.68 Å². The fraction of sp³-hybridized carbons (Fsp3) is 0.0588. The molecule has 4 aromatic rings. The van der Waals surface area contributed by atoms with E-state index in [-0.39, 0.29) is 6.42 Å². The maximum absolute atomic E-state index is 12.2. The van der Waals surface area contributed by atoms with Crippen LogP contribution in [-0.4, -0.2) is 37.2 Å². The van der Waals surface area contributed by atoms with Gasteiger partial charge >= 0.3 is 0 Å². The Morgan fingerprint density at radius 2 is 1.85 bits per heavy atom. The first kappa shape index (κ1) is 16.4. The smallest absolute Gasteiger partial charge is 0.269 e. The SMILES string of the molecule is O=C(Cc1noc2ccccc12)NNC(=O)c1ccc(-n2cnnn2)cc1. The molecule has 2 heterocycles. The quantitative estimate of drug-likeness (QED) is 0.513. The third-order valence-corrected chi connectivity index (χ3v) is 3.84. The van der Waals surface area contributed by atoms with Crippen molar-refractivity contribution < 1.29 is 14.1 Å². The van der Waals surface area contributed by atoms with Crippen LogP contribution < -0.4 is 10.9 Å². The Balaban J connectivity index is 1.35. The van der Waals surface area contributed by atoms with Gasteiger partial charge in [0.05, 0.1) is 12.1 Å². The molecule has 10 nitrogen and oxygen atoms in total. The van der Waals surface area contributed by atoms with Gasteiger partial charge in [-0.15, -0.1) is 5.10 Å². The third-order valence-electron chi connectivity index (χ3n) is 3.84. The van der Waals surface area contributed by atoms with Crippen LogP contribution in [0.4, 0.5) is 0 Å². The first-order chi connectivity index (χ1) is 13.2. The number of rotatable bonds is 4. The van der Waals surface area contributed by atoms with Crippen molar-refractivity contribution in [2.24, 2.45) is 0 Å². The minimum atomic E-state index is -0.448. The van der Waals surface area contributed by atoms with Crippen LogP contribution in [0.1, 0.15) is 16.1 Å². The van der Waals surface area contributed by atoms with Crippen molar-refractivity contribution >= 4 is 22.8 Å². The average molecular weight is 363 g/mol. The molecule has 0 radical (unpaired) electrons. The van der Waals surface area contributed by atoms with Crippen LogP contribution in [0, 0.1) is 0 Å². The molecule has 0 unspecified atom stereocenters. The van der Waals surface area contributed by atoms with Gasteiger partial charge in [0, 0.05) is 10.9 Å². The van der Waals surface area contributed by atoms with Gasteiger partial charge in [0.25, 0.3) is 5.91 Å². The highest BCUT2D eigenvalue weighted by Gasteiger charge is 2.13. The molecule has 10 heteroatoms.